The van der Waals surface area contributed by atoms with Crippen LogP contribution < -0.4 is 11.1 Å². The molecule has 33 heavy (non-hydrogen) atoms. The van der Waals surface area contributed by atoms with E-state index in [-0.39, 0.29) is 6.04 Å². The summed E-state index contributed by atoms with van der Waals surface area (Å²) in [6, 6.07) is 10.2. The maximum absolute atomic E-state index is 13.2. The first-order valence-corrected chi connectivity index (χ1v) is 11.9. The van der Waals surface area contributed by atoms with E-state index in [0.29, 0.717) is 30.4 Å². The van der Waals surface area contributed by atoms with E-state index in [1.807, 2.05) is 6.92 Å². The van der Waals surface area contributed by atoms with E-state index in [1.165, 1.54) is 11.8 Å². The van der Waals surface area contributed by atoms with E-state index in [2.05, 4.69) is 60.5 Å². The number of pyridine rings is 1. The number of amides is 2. The number of hydrogen-bond donors (Lipinski definition) is 2. The van der Waals surface area contributed by atoms with Gasteiger partial charge in [0.2, 0.25) is 0 Å². The Labute approximate surface area is 197 Å². The number of nitrogens with one attached hydrogen (secondary N) is 1. The molecule has 2 atom stereocenters. The van der Waals surface area contributed by atoms with Crippen molar-refractivity contribution in [2.45, 2.75) is 52.0 Å². The van der Waals surface area contributed by atoms with Crippen LogP contribution in [0.25, 0.3) is 0 Å². The Morgan fingerprint density at radius 3 is 2.76 bits per heavy atom. The van der Waals surface area contributed by atoms with Crippen molar-refractivity contribution in [1.29, 1.82) is 0 Å². The number of rotatable bonds is 7. The minimum Gasteiger partial charge on any atom is -0.383 e. The molecule has 178 valence electrons. The lowest BCUT2D eigenvalue weighted by molar-refractivity contribution is -0.146. The number of carbonyl (C=O) groups is 2. The fraction of sp³-hybridized carbons (Fsp3) is 0.500. The van der Waals surface area contributed by atoms with Gasteiger partial charge in [0.1, 0.15) is 5.82 Å². The number of likely N-dealkylation sites (tertiary alicyclic amines) is 1. The molecular formula is C26H37N5O2. The van der Waals surface area contributed by atoms with Gasteiger partial charge in [-0.2, -0.15) is 0 Å². The maximum Gasteiger partial charge on any atom is 0.313 e. The van der Waals surface area contributed by atoms with E-state index in [9.17, 15) is 9.59 Å². The van der Waals surface area contributed by atoms with Gasteiger partial charge in [0, 0.05) is 6.54 Å². The molecule has 7 heteroatoms. The summed E-state index contributed by atoms with van der Waals surface area (Å²) in [5.41, 5.74) is 9.57. The lowest BCUT2D eigenvalue weighted by Gasteiger charge is -2.38. The highest BCUT2D eigenvalue weighted by Crippen LogP contribution is 2.34. The third kappa shape index (κ3) is 6.54. The van der Waals surface area contributed by atoms with Crippen molar-refractivity contribution < 1.29 is 9.59 Å². The Balaban J connectivity index is 1.75. The fourth-order valence-corrected chi connectivity index (χ4v) is 4.47. The third-order valence-electron chi connectivity index (χ3n) is 6.32. The van der Waals surface area contributed by atoms with Crippen LogP contribution in [0.3, 0.4) is 0 Å². The molecule has 2 amide bonds. The summed E-state index contributed by atoms with van der Waals surface area (Å²) < 4.78 is 0. The molecule has 0 unspecified atom stereocenters. The molecule has 1 saturated heterocycles. The molecule has 0 spiro atoms. The van der Waals surface area contributed by atoms with Gasteiger partial charge in [-0.1, -0.05) is 38.1 Å². The number of nitrogens with zero attached hydrogens (tertiary/aromatic N) is 3. The minimum absolute atomic E-state index is 0.0935. The van der Waals surface area contributed by atoms with Crippen molar-refractivity contribution in [2.24, 2.45) is 5.92 Å². The molecule has 2 aromatic rings. The molecule has 1 aliphatic rings. The standard InChI is InChI=1S/C26H37N5O2/c1-5-20-15-22(16-28-24(20)27)29-25(32)26(33)31-17-18(2)11-12-23(31)21-10-6-8-19(14-21)9-7-13-30(3)4/h6,8,10,14-16,18,23H,5,7,9,11-13,17H2,1-4H3,(H2,27,28)(H,29,32)/t18-,23+/m0/s1. The summed E-state index contributed by atoms with van der Waals surface area (Å²) in [5.74, 6) is -0.340. The molecule has 1 aliphatic heterocycles. The lowest BCUT2D eigenvalue weighted by Crippen LogP contribution is -2.46. The van der Waals surface area contributed by atoms with Crippen LogP contribution in [0, 0.1) is 5.92 Å². The Hall–Kier alpha value is -2.93. The zero-order valence-corrected chi connectivity index (χ0v) is 20.3. The Morgan fingerprint density at radius 1 is 1.24 bits per heavy atom. The third-order valence-corrected chi connectivity index (χ3v) is 6.32. The van der Waals surface area contributed by atoms with Crippen molar-refractivity contribution in [3.63, 3.8) is 0 Å². The van der Waals surface area contributed by atoms with Crippen molar-refractivity contribution >= 4 is 23.3 Å². The molecule has 0 saturated carbocycles. The first kappa shape index (κ1) is 24.7. The van der Waals surface area contributed by atoms with Crippen LogP contribution in [0.2, 0.25) is 0 Å². The van der Waals surface area contributed by atoms with Crippen molar-refractivity contribution in [2.75, 3.05) is 38.2 Å². The van der Waals surface area contributed by atoms with E-state index in [1.54, 1.807) is 11.0 Å². The SMILES string of the molecule is CCc1cc(NC(=O)C(=O)N2C[C@@H](C)CC[C@@H]2c2cccc(CCCN(C)C)c2)cnc1N. The molecule has 1 aromatic heterocycles. The molecule has 0 bridgehead atoms. The number of piperidine rings is 1. The highest BCUT2D eigenvalue weighted by Gasteiger charge is 2.34. The summed E-state index contributed by atoms with van der Waals surface area (Å²) in [5, 5.41) is 2.72. The second kappa shape index (κ2) is 11.3. The zero-order valence-electron chi connectivity index (χ0n) is 20.3. The Bertz CT molecular complexity index is 975. The monoisotopic (exact) mass is 451 g/mol. The maximum atomic E-state index is 13.2. The molecule has 0 radical (unpaired) electrons. The number of nitrogens with two attached hydrogens (primary N) is 1. The van der Waals surface area contributed by atoms with Gasteiger partial charge in [-0.15, -0.1) is 0 Å². The summed E-state index contributed by atoms with van der Waals surface area (Å²) >= 11 is 0. The van der Waals surface area contributed by atoms with Crippen LogP contribution in [-0.2, 0) is 22.4 Å². The average molecular weight is 452 g/mol. The van der Waals surface area contributed by atoms with Crippen LogP contribution in [0.5, 0.6) is 0 Å². The van der Waals surface area contributed by atoms with Crippen molar-refractivity contribution in [1.82, 2.24) is 14.8 Å². The molecule has 0 aliphatic carbocycles. The largest absolute Gasteiger partial charge is 0.383 e. The van der Waals surface area contributed by atoms with Crippen molar-refractivity contribution in [3.05, 3.63) is 53.2 Å². The van der Waals surface area contributed by atoms with Gasteiger partial charge >= 0.3 is 11.8 Å². The quantitative estimate of drug-likeness (QED) is 0.627. The summed E-state index contributed by atoms with van der Waals surface area (Å²) in [6.07, 6.45) is 6.15. The summed E-state index contributed by atoms with van der Waals surface area (Å²) in [7, 11) is 4.16. The normalized spacial score (nSPS) is 18.4. The fourth-order valence-electron chi connectivity index (χ4n) is 4.47. The second-order valence-electron chi connectivity index (χ2n) is 9.38. The molecule has 1 fully saturated rings. The van der Waals surface area contributed by atoms with E-state index < -0.39 is 11.8 Å². The highest BCUT2D eigenvalue weighted by molar-refractivity contribution is 6.39. The summed E-state index contributed by atoms with van der Waals surface area (Å²) in [6.45, 7) is 5.71. The number of aryl methyl sites for hydroxylation is 2. The number of nitrogen functional groups attached to an aromatic ring is 1. The van der Waals surface area contributed by atoms with Gasteiger partial charge in [0.05, 0.1) is 17.9 Å². The van der Waals surface area contributed by atoms with Gasteiger partial charge in [-0.25, -0.2) is 4.98 Å². The molecular weight excluding hydrogens is 414 g/mol. The lowest BCUT2D eigenvalue weighted by atomic mass is 9.89. The molecule has 2 heterocycles. The molecule has 1 aromatic carbocycles. The minimum atomic E-state index is -0.634. The number of anilines is 2. The van der Waals surface area contributed by atoms with E-state index >= 15 is 0 Å². The van der Waals surface area contributed by atoms with Crippen LogP contribution in [0.15, 0.2) is 36.5 Å². The first-order valence-electron chi connectivity index (χ1n) is 11.9. The van der Waals surface area contributed by atoms with Gasteiger partial charge in [-0.05, 0) is 81.4 Å². The second-order valence-corrected chi connectivity index (χ2v) is 9.38. The summed E-state index contributed by atoms with van der Waals surface area (Å²) in [4.78, 5) is 34.2. The number of carbonyl (C=O) groups excluding carboxylic acids is 2. The highest BCUT2D eigenvalue weighted by atomic mass is 16.2. The van der Waals surface area contributed by atoms with Gasteiger partial charge in [0.25, 0.3) is 0 Å². The van der Waals surface area contributed by atoms with Crippen LogP contribution >= 0.6 is 0 Å². The van der Waals surface area contributed by atoms with Crippen LogP contribution in [0.4, 0.5) is 11.5 Å². The molecule has 3 rings (SSSR count). The number of benzene rings is 1. The van der Waals surface area contributed by atoms with Crippen LogP contribution in [-0.4, -0.2) is 53.8 Å². The predicted octanol–water partition coefficient (Wildman–Crippen LogP) is 3.66. The number of hydrogen-bond acceptors (Lipinski definition) is 5. The molecule has 7 nitrogen and oxygen atoms in total. The zero-order chi connectivity index (χ0) is 24.0. The van der Waals surface area contributed by atoms with E-state index in [0.717, 1.165) is 43.4 Å². The molecule has 3 N–H and O–H groups in total. The number of aromatic nitrogens is 1. The van der Waals surface area contributed by atoms with Gasteiger partial charge in [-0.3, -0.25) is 9.59 Å². The average Bonchev–Trinajstić information content (AvgIpc) is 2.79. The van der Waals surface area contributed by atoms with Gasteiger partial charge in [0.15, 0.2) is 0 Å². The topological polar surface area (TPSA) is 91.6 Å². The Kier molecular flexibility index (Phi) is 8.44. The van der Waals surface area contributed by atoms with Crippen LogP contribution in [0.1, 0.15) is 55.8 Å². The first-order chi connectivity index (χ1) is 15.8. The van der Waals surface area contributed by atoms with E-state index in [4.69, 9.17) is 5.73 Å². The predicted molar refractivity (Wildman–Crippen MR) is 133 cm³/mol. The van der Waals surface area contributed by atoms with Crippen molar-refractivity contribution in [3.8, 4) is 0 Å². The smallest absolute Gasteiger partial charge is 0.313 e. The van der Waals surface area contributed by atoms with Gasteiger partial charge < -0.3 is 20.9 Å². The Morgan fingerprint density at radius 2 is 2.03 bits per heavy atom.